The van der Waals surface area contributed by atoms with Gasteiger partial charge < -0.3 is 5.73 Å². The number of nitrogens with zero attached hydrogens (tertiary/aromatic N) is 1. The molecule has 18 heavy (non-hydrogen) atoms. The third-order valence-electron chi connectivity index (χ3n) is 2.62. The molecule has 2 rings (SSSR count). The zero-order valence-electron chi connectivity index (χ0n) is 9.62. The Kier molecular flexibility index (Phi) is 4.14. The minimum atomic E-state index is -0.590. The van der Waals surface area contributed by atoms with Crippen LogP contribution in [0, 0.1) is 12.7 Å². The quantitative estimate of drug-likeness (QED) is 0.860. The molecule has 2 nitrogen and oxygen atoms in total. The molecule has 0 radical (unpaired) electrons. The number of aromatic nitrogens is 1. The van der Waals surface area contributed by atoms with E-state index < -0.39 is 6.04 Å². The molecule has 0 fully saturated rings. The van der Waals surface area contributed by atoms with Gasteiger partial charge in [0.25, 0.3) is 0 Å². The van der Waals surface area contributed by atoms with Crippen LogP contribution in [0.15, 0.2) is 39.4 Å². The first-order chi connectivity index (χ1) is 8.49. The number of pyridine rings is 1. The van der Waals surface area contributed by atoms with E-state index in [1.54, 1.807) is 18.3 Å². The van der Waals surface area contributed by atoms with Crippen LogP contribution in [-0.4, -0.2) is 4.98 Å². The molecule has 0 spiro atoms. The van der Waals surface area contributed by atoms with Crippen molar-refractivity contribution in [1.82, 2.24) is 4.98 Å². The average Bonchev–Trinajstić information content (AvgIpc) is 2.31. The molecular weight excluding hydrogens is 363 g/mol. The maximum Gasteiger partial charge on any atom is 0.128 e. The highest BCUT2D eigenvalue weighted by Gasteiger charge is 2.17. The number of hydrogen-bond donors (Lipinski definition) is 1. The molecule has 0 aliphatic heterocycles. The first-order valence-electron chi connectivity index (χ1n) is 5.31. The molecule has 0 amide bonds. The molecule has 1 aromatic heterocycles. The first-order valence-corrected chi connectivity index (χ1v) is 6.90. The topological polar surface area (TPSA) is 38.9 Å². The third-order valence-corrected chi connectivity index (χ3v) is 3.69. The zero-order chi connectivity index (χ0) is 13.3. The Bertz CT molecular complexity index is 587. The second-order valence-corrected chi connectivity index (χ2v) is 5.79. The first kappa shape index (κ1) is 13.6. The number of nitrogens with two attached hydrogens (primary N) is 1. The molecule has 0 aliphatic rings. The molecular formula is C13H11Br2FN2. The van der Waals surface area contributed by atoms with Gasteiger partial charge in [-0.2, -0.15) is 0 Å². The highest BCUT2D eigenvalue weighted by Crippen LogP contribution is 2.28. The molecule has 0 saturated heterocycles. The van der Waals surface area contributed by atoms with Crippen LogP contribution >= 0.6 is 31.9 Å². The molecule has 0 saturated carbocycles. The average molecular weight is 374 g/mol. The van der Waals surface area contributed by atoms with E-state index >= 15 is 0 Å². The minimum absolute atomic E-state index is 0.315. The van der Waals surface area contributed by atoms with Crippen LogP contribution in [0.25, 0.3) is 0 Å². The van der Waals surface area contributed by atoms with Gasteiger partial charge in [0, 0.05) is 20.7 Å². The van der Waals surface area contributed by atoms with Crippen LogP contribution in [0.2, 0.25) is 0 Å². The van der Waals surface area contributed by atoms with Crippen molar-refractivity contribution in [2.75, 3.05) is 0 Å². The predicted octanol–water partition coefficient (Wildman–Crippen LogP) is 4.10. The van der Waals surface area contributed by atoms with E-state index in [2.05, 4.69) is 36.8 Å². The van der Waals surface area contributed by atoms with Crippen molar-refractivity contribution in [3.8, 4) is 0 Å². The fraction of sp³-hybridized carbons (Fsp3) is 0.154. The number of hydrogen-bond acceptors (Lipinski definition) is 2. The Morgan fingerprint density at radius 1 is 1.28 bits per heavy atom. The van der Waals surface area contributed by atoms with Crippen molar-refractivity contribution in [2.45, 2.75) is 13.0 Å². The predicted molar refractivity (Wildman–Crippen MR) is 76.8 cm³/mol. The number of benzene rings is 1. The van der Waals surface area contributed by atoms with Crippen molar-refractivity contribution in [1.29, 1.82) is 0 Å². The molecule has 1 unspecified atom stereocenters. The third kappa shape index (κ3) is 2.79. The molecule has 2 N–H and O–H groups in total. The summed E-state index contributed by atoms with van der Waals surface area (Å²) in [6.45, 7) is 1.90. The van der Waals surface area contributed by atoms with Gasteiger partial charge in [-0.25, -0.2) is 4.39 Å². The Labute approximate surface area is 122 Å². The lowest BCUT2D eigenvalue weighted by Gasteiger charge is -2.15. The van der Waals surface area contributed by atoms with E-state index in [4.69, 9.17) is 5.73 Å². The normalized spacial score (nSPS) is 12.5. The molecule has 0 bridgehead atoms. The minimum Gasteiger partial charge on any atom is -0.319 e. The summed E-state index contributed by atoms with van der Waals surface area (Å²) in [5, 5.41) is 0. The summed E-state index contributed by atoms with van der Waals surface area (Å²) in [7, 11) is 0. The lowest BCUT2D eigenvalue weighted by molar-refractivity contribution is 0.596. The molecule has 1 aromatic carbocycles. The van der Waals surface area contributed by atoms with Crippen LogP contribution in [0.5, 0.6) is 0 Å². The van der Waals surface area contributed by atoms with Gasteiger partial charge in [-0.3, -0.25) is 4.98 Å². The molecule has 0 aliphatic carbocycles. The zero-order valence-corrected chi connectivity index (χ0v) is 12.8. The number of halogens is 3. The summed E-state index contributed by atoms with van der Waals surface area (Å²) in [5.74, 6) is -0.315. The van der Waals surface area contributed by atoms with Crippen molar-refractivity contribution < 1.29 is 4.39 Å². The Balaban J connectivity index is 2.47. The summed E-state index contributed by atoms with van der Waals surface area (Å²) in [5.41, 5.74) is 8.12. The van der Waals surface area contributed by atoms with Gasteiger partial charge in [0.2, 0.25) is 0 Å². The van der Waals surface area contributed by atoms with Gasteiger partial charge in [0.15, 0.2) is 0 Å². The fourth-order valence-corrected chi connectivity index (χ4v) is 2.94. The fourth-order valence-electron chi connectivity index (χ4n) is 1.70. The van der Waals surface area contributed by atoms with Crippen molar-refractivity contribution in [3.63, 3.8) is 0 Å². The smallest absolute Gasteiger partial charge is 0.128 e. The maximum atomic E-state index is 13.8. The van der Waals surface area contributed by atoms with Gasteiger partial charge >= 0.3 is 0 Å². The highest BCUT2D eigenvalue weighted by molar-refractivity contribution is 9.11. The summed E-state index contributed by atoms with van der Waals surface area (Å²) < 4.78 is 15.4. The van der Waals surface area contributed by atoms with Gasteiger partial charge in [-0.1, -0.05) is 17.7 Å². The molecule has 1 heterocycles. The summed E-state index contributed by atoms with van der Waals surface area (Å²) >= 11 is 6.71. The summed E-state index contributed by atoms with van der Waals surface area (Å²) in [6, 6.07) is 6.14. The van der Waals surface area contributed by atoms with E-state index in [1.165, 1.54) is 6.07 Å². The molecule has 2 aromatic rings. The van der Waals surface area contributed by atoms with Gasteiger partial charge in [-0.05, 0) is 50.9 Å². The van der Waals surface area contributed by atoms with Crippen LogP contribution < -0.4 is 5.73 Å². The van der Waals surface area contributed by atoms with E-state index in [0.717, 1.165) is 14.5 Å². The summed E-state index contributed by atoms with van der Waals surface area (Å²) in [6.07, 6.45) is 1.65. The van der Waals surface area contributed by atoms with Crippen molar-refractivity contribution >= 4 is 31.9 Å². The van der Waals surface area contributed by atoms with Crippen LogP contribution in [-0.2, 0) is 0 Å². The summed E-state index contributed by atoms with van der Waals surface area (Å²) in [4.78, 5) is 4.24. The lowest BCUT2D eigenvalue weighted by Crippen LogP contribution is -2.16. The Morgan fingerprint density at radius 2 is 2.00 bits per heavy atom. The number of aryl methyl sites for hydroxylation is 1. The monoisotopic (exact) mass is 372 g/mol. The second-order valence-electron chi connectivity index (χ2n) is 4.02. The largest absolute Gasteiger partial charge is 0.319 e. The molecule has 1 atom stereocenters. The highest BCUT2D eigenvalue weighted by atomic mass is 79.9. The van der Waals surface area contributed by atoms with Gasteiger partial charge in [-0.15, -0.1) is 0 Å². The maximum absolute atomic E-state index is 13.8. The number of rotatable bonds is 2. The van der Waals surface area contributed by atoms with Gasteiger partial charge in [0.05, 0.1) is 11.7 Å². The van der Waals surface area contributed by atoms with E-state index in [1.807, 2.05) is 13.0 Å². The van der Waals surface area contributed by atoms with Crippen LogP contribution in [0.3, 0.4) is 0 Å². The van der Waals surface area contributed by atoms with E-state index in [-0.39, 0.29) is 5.82 Å². The Morgan fingerprint density at radius 3 is 2.67 bits per heavy atom. The van der Waals surface area contributed by atoms with E-state index in [9.17, 15) is 4.39 Å². The van der Waals surface area contributed by atoms with Crippen molar-refractivity contribution in [2.24, 2.45) is 5.73 Å². The van der Waals surface area contributed by atoms with Crippen LogP contribution in [0.1, 0.15) is 22.9 Å². The second kappa shape index (κ2) is 5.47. The molecule has 94 valence electrons. The lowest BCUT2D eigenvalue weighted by atomic mass is 10.0. The van der Waals surface area contributed by atoms with Crippen LogP contribution in [0.4, 0.5) is 4.39 Å². The standard InChI is InChI=1S/C13H11Br2FN2/c1-7-2-3-11(16)9(4-7)12(17)13-10(15)5-8(14)6-18-13/h2-6,12H,17H2,1H3. The Hall–Kier alpha value is -0.780. The van der Waals surface area contributed by atoms with Gasteiger partial charge in [0.1, 0.15) is 5.82 Å². The van der Waals surface area contributed by atoms with E-state index in [0.29, 0.717) is 11.3 Å². The molecule has 5 heteroatoms. The SMILES string of the molecule is Cc1ccc(F)c(C(N)c2ncc(Br)cc2Br)c1. The van der Waals surface area contributed by atoms with Crippen molar-refractivity contribution in [3.05, 3.63) is 62.0 Å².